The van der Waals surface area contributed by atoms with Crippen molar-refractivity contribution in [3.63, 3.8) is 0 Å². The minimum atomic E-state index is -0.539. The summed E-state index contributed by atoms with van der Waals surface area (Å²) in [5.41, 5.74) is 0.865. The van der Waals surface area contributed by atoms with Crippen LogP contribution in [0.1, 0.15) is 38.9 Å². The Hall–Kier alpha value is -1.26. The second kappa shape index (κ2) is 6.26. The smallest absolute Gasteiger partial charge is 0.161 e. The molecule has 2 unspecified atom stereocenters. The Morgan fingerprint density at radius 1 is 1.21 bits per heavy atom. The molecule has 1 aliphatic rings. The topological polar surface area (TPSA) is 50.7 Å². The number of benzene rings is 1. The lowest BCUT2D eigenvalue weighted by Gasteiger charge is -2.26. The molecule has 0 saturated carbocycles. The molecule has 4 nitrogen and oxygen atoms in total. The van der Waals surface area contributed by atoms with Crippen molar-refractivity contribution >= 4 is 0 Å². The highest BCUT2D eigenvalue weighted by Gasteiger charge is 2.22. The van der Waals surface area contributed by atoms with Gasteiger partial charge in [-0.25, -0.2) is 0 Å². The fraction of sp³-hybridized carbons (Fsp3) is 0.600. The molecule has 2 rings (SSSR count). The molecule has 0 bridgehead atoms. The lowest BCUT2D eigenvalue weighted by molar-refractivity contribution is 0.120. The molecule has 1 aromatic carbocycles. The molecule has 1 aromatic rings. The molecule has 2 N–H and O–H groups in total. The van der Waals surface area contributed by atoms with Crippen LogP contribution in [0.2, 0.25) is 0 Å². The summed E-state index contributed by atoms with van der Waals surface area (Å²) >= 11 is 0. The fourth-order valence-electron chi connectivity index (χ4n) is 2.34. The van der Waals surface area contributed by atoms with Crippen molar-refractivity contribution in [1.29, 1.82) is 0 Å². The van der Waals surface area contributed by atoms with Gasteiger partial charge in [0.1, 0.15) is 13.2 Å². The van der Waals surface area contributed by atoms with Gasteiger partial charge < -0.3 is 19.9 Å². The maximum Gasteiger partial charge on any atom is 0.161 e. The van der Waals surface area contributed by atoms with Crippen LogP contribution in [0, 0.1) is 0 Å². The zero-order valence-corrected chi connectivity index (χ0v) is 11.8. The van der Waals surface area contributed by atoms with Crippen molar-refractivity contribution in [3.8, 4) is 11.5 Å². The van der Waals surface area contributed by atoms with Crippen LogP contribution in [0.4, 0.5) is 0 Å². The molecule has 0 aromatic heterocycles. The van der Waals surface area contributed by atoms with Gasteiger partial charge in [0.2, 0.25) is 0 Å². The van der Waals surface area contributed by atoms with E-state index in [1.54, 1.807) is 0 Å². The van der Waals surface area contributed by atoms with Gasteiger partial charge in [0.25, 0.3) is 0 Å². The Balaban J connectivity index is 2.15. The van der Waals surface area contributed by atoms with Crippen LogP contribution in [0.25, 0.3) is 0 Å². The normalized spacial score (nSPS) is 17.3. The lowest BCUT2D eigenvalue weighted by atomic mass is 9.99. The van der Waals surface area contributed by atoms with E-state index < -0.39 is 6.10 Å². The minimum absolute atomic E-state index is 0.0440. The summed E-state index contributed by atoms with van der Waals surface area (Å²) in [6, 6.07) is 6.04. The van der Waals surface area contributed by atoms with Crippen LogP contribution in [0.15, 0.2) is 18.2 Å². The van der Waals surface area contributed by atoms with Crippen LogP contribution in [-0.4, -0.2) is 30.4 Å². The summed E-state index contributed by atoms with van der Waals surface area (Å²) in [5, 5.41) is 13.9. The van der Waals surface area contributed by atoms with Gasteiger partial charge in [0.05, 0.1) is 6.10 Å². The zero-order chi connectivity index (χ0) is 13.8. The predicted molar refractivity (Wildman–Crippen MR) is 74.7 cm³/mol. The molecule has 0 saturated heterocycles. The Labute approximate surface area is 114 Å². The molecule has 1 aliphatic heterocycles. The van der Waals surface area contributed by atoms with Gasteiger partial charge >= 0.3 is 0 Å². The molecule has 4 heteroatoms. The molecular weight excluding hydrogens is 242 g/mol. The van der Waals surface area contributed by atoms with Gasteiger partial charge in [-0.3, -0.25) is 0 Å². The van der Waals surface area contributed by atoms with E-state index in [1.165, 1.54) is 0 Å². The molecule has 0 spiro atoms. The standard InChI is InChI=1S/C15H23NO3/c1-4-12(16-10(2)3)15(17)11-5-6-13-14(9-11)19-8-7-18-13/h5-6,9-10,12,15-17H,4,7-8H2,1-3H3. The van der Waals surface area contributed by atoms with E-state index in [0.29, 0.717) is 19.3 Å². The number of rotatable bonds is 5. The van der Waals surface area contributed by atoms with Crippen molar-refractivity contribution in [2.45, 2.75) is 45.4 Å². The highest BCUT2D eigenvalue weighted by atomic mass is 16.6. The van der Waals surface area contributed by atoms with Gasteiger partial charge in [-0.15, -0.1) is 0 Å². The minimum Gasteiger partial charge on any atom is -0.486 e. The van der Waals surface area contributed by atoms with Crippen molar-refractivity contribution in [1.82, 2.24) is 5.32 Å². The van der Waals surface area contributed by atoms with Crippen LogP contribution < -0.4 is 14.8 Å². The Bertz CT molecular complexity index is 420. The Kier molecular flexibility index (Phi) is 4.66. The molecule has 0 amide bonds. The van der Waals surface area contributed by atoms with Crippen molar-refractivity contribution < 1.29 is 14.6 Å². The second-order valence-corrected chi connectivity index (χ2v) is 5.18. The Morgan fingerprint density at radius 3 is 2.53 bits per heavy atom. The lowest BCUT2D eigenvalue weighted by Crippen LogP contribution is -2.38. The van der Waals surface area contributed by atoms with E-state index in [1.807, 2.05) is 18.2 Å². The molecule has 0 aliphatic carbocycles. The number of ether oxygens (including phenoxy) is 2. The first-order valence-electron chi connectivity index (χ1n) is 6.95. The quantitative estimate of drug-likeness (QED) is 0.857. The van der Waals surface area contributed by atoms with Gasteiger partial charge in [-0.2, -0.15) is 0 Å². The first-order chi connectivity index (χ1) is 9.11. The second-order valence-electron chi connectivity index (χ2n) is 5.18. The van der Waals surface area contributed by atoms with Crippen LogP contribution in [0.5, 0.6) is 11.5 Å². The third-order valence-corrected chi connectivity index (χ3v) is 3.28. The van der Waals surface area contributed by atoms with Crippen LogP contribution in [-0.2, 0) is 0 Å². The van der Waals surface area contributed by atoms with E-state index in [0.717, 1.165) is 23.5 Å². The third-order valence-electron chi connectivity index (χ3n) is 3.28. The fourth-order valence-corrected chi connectivity index (χ4v) is 2.34. The van der Waals surface area contributed by atoms with E-state index in [2.05, 4.69) is 26.1 Å². The summed E-state index contributed by atoms with van der Waals surface area (Å²) in [5.74, 6) is 1.48. The summed E-state index contributed by atoms with van der Waals surface area (Å²) in [4.78, 5) is 0. The van der Waals surface area contributed by atoms with E-state index >= 15 is 0 Å². The summed E-state index contributed by atoms with van der Waals surface area (Å²) < 4.78 is 11.0. The molecule has 1 heterocycles. The average molecular weight is 265 g/mol. The zero-order valence-electron chi connectivity index (χ0n) is 11.8. The molecule has 0 radical (unpaired) electrons. The summed E-state index contributed by atoms with van der Waals surface area (Å²) in [7, 11) is 0. The monoisotopic (exact) mass is 265 g/mol. The first-order valence-corrected chi connectivity index (χ1v) is 6.95. The van der Waals surface area contributed by atoms with Gasteiger partial charge in [-0.05, 0) is 24.1 Å². The largest absolute Gasteiger partial charge is 0.486 e. The maximum absolute atomic E-state index is 10.5. The molecule has 2 atom stereocenters. The molecule has 0 fully saturated rings. The van der Waals surface area contributed by atoms with Gasteiger partial charge in [0, 0.05) is 12.1 Å². The first kappa shape index (κ1) is 14.2. The molecule has 19 heavy (non-hydrogen) atoms. The number of hydrogen-bond acceptors (Lipinski definition) is 4. The maximum atomic E-state index is 10.5. The van der Waals surface area contributed by atoms with Crippen molar-refractivity contribution in [2.75, 3.05) is 13.2 Å². The molecule has 106 valence electrons. The summed E-state index contributed by atoms with van der Waals surface area (Å²) in [6.45, 7) is 7.38. The van der Waals surface area contributed by atoms with Crippen LogP contribution in [0.3, 0.4) is 0 Å². The van der Waals surface area contributed by atoms with Crippen molar-refractivity contribution in [3.05, 3.63) is 23.8 Å². The van der Waals surface area contributed by atoms with E-state index in [9.17, 15) is 5.11 Å². The van der Waals surface area contributed by atoms with Gasteiger partial charge in [-0.1, -0.05) is 26.8 Å². The SMILES string of the molecule is CCC(NC(C)C)C(O)c1ccc2c(c1)OCCO2. The highest BCUT2D eigenvalue weighted by Crippen LogP contribution is 2.33. The number of fused-ring (bicyclic) bond motifs is 1. The average Bonchev–Trinajstić information content (AvgIpc) is 2.43. The van der Waals surface area contributed by atoms with Crippen molar-refractivity contribution in [2.24, 2.45) is 0 Å². The predicted octanol–water partition coefficient (Wildman–Crippen LogP) is 2.27. The third kappa shape index (κ3) is 3.39. The highest BCUT2D eigenvalue weighted by molar-refractivity contribution is 5.44. The number of aliphatic hydroxyl groups excluding tert-OH is 1. The number of hydrogen-bond donors (Lipinski definition) is 2. The van der Waals surface area contributed by atoms with Crippen LogP contribution >= 0.6 is 0 Å². The van der Waals surface area contributed by atoms with Gasteiger partial charge in [0.15, 0.2) is 11.5 Å². The number of nitrogens with one attached hydrogen (secondary N) is 1. The Morgan fingerprint density at radius 2 is 1.89 bits per heavy atom. The van der Waals surface area contributed by atoms with E-state index in [4.69, 9.17) is 9.47 Å². The molecular formula is C15H23NO3. The van der Waals surface area contributed by atoms with E-state index in [-0.39, 0.29) is 6.04 Å². The number of aliphatic hydroxyl groups is 1. The summed E-state index contributed by atoms with van der Waals surface area (Å²) in [6.07, 6.45) is 0.330.